The van der Waals surface area contributed by atoms with Crippen molar-refractivity contribution in [1.29, 1.82) is 0 Å². The van der Waals surface area contributed by atoms with Crippen LogP contribution >= 0.6 is 0 Å². The van der Waals surface area contributed by atoms with Gasteiger partial charge in [-0.3, -0.25) is 0 Å². The third-order valence-corrected chi connectivity index (χ3v) is 3.61. The van der Waals surface area contributed by atoms with Gasteiger partial charge in [-0.1, -0.05) is 37.3 Å². The van der Waals surface area contributed by atoms with Gasteiger partial charge in [-0.25, -0.2) is 0 Å². The fraction of sp³-hybridized carbons (Fsp3) is 0.556. The molecule has 1 aromatic carbocycles. The lowest BCUT2D eigenvalue weighted by molar-refractivity contribution is 0.201. The van der Waals surface area contributed by atoms with Gasteiger partial charge in [0.05, 0.1) is 6.61 Å². The van der Waals surface area contributed by atoms with E-state index >= 15 is 0 Å². The number of aryl methyl sites for hydroxylation is 1. The van der Waals surface area contributed by atoms with Gasteiger partial charge in [0.15, 0.2) is 0 Å². The van der Waals surface area contributed by atoms with Gasteiger partial charge in [-0.15, -0.1) is 0 Å². The fourth-order valence-electron chi connectivity index (χ4n) is 2.15. The molecule has 0 amide bonds. The number of hydrogen-bond acceptors (Lipinski definition) is 2. The van der Waals surface area contributed by atoms with Crippen LogP contribution in [0.5, 0.6) is 5.75 Å². The minimum Gasteiger partial charge on any atom is -0.490 e. The molecule has 0 bridgehead atoms. The van der Waals surface area contributed by atoms with Gasteiger partial charge in [0.25, 0.3) is 0 Å². The topological polar surface area (TPSA) is 21.8 Å². The Morgan fingerprint density at radius 1 is 1.25 bits per heavy atom. The van der Waals surface area contributed by atoms with Crippen LogP contribution in [0, 0.1) is 0 Å². The Kier molecular flexibility index (Phi) is 5.66. The second-order valence-corrected chi connectivity index (χ2v) is 5.76. The van der Waals surface area contributed by atoms with E-state index in [0.717, 1.165) is 25.2 Å². The number of rotatable bonds is 9. The lowest BCUT2D eigenvalue weighted by Crippen LogP contribution is -2.17. The summed E-state index contributed by atoms with van der Waals surface area (Å²) in [6.07, 6.45) is 10.4. The number of epoxide rings is 1. The molecule has 1 saturated heterocycles. The Bertz CT molecular complexity index is 433. The van der Waals surface area contributed by atoms with E-state index in [1.807, 2.05) is 6.07 Å². The maximum absolute atomic E-state index is 5.92. The van der Waals surface area contributed by atoms with Gasteiger partial charge in [-0.2, -0.15) is 0 Å². The van der Waals surface area contributed by atoms with E-state index in [9.17, 15) is 0 Å². The molecule has 1 heterocycles. The smallest absolute Gasteiger partial charge is 0.123 e. The Hall–Kier alpha value is -1.28. The molecule has 0 radical (unpaired) electrons. The van der Waals surface area contributed by atoms with Crippen LogP contribution < -0.4 is 4.74 Å². The number of hydrogen-bond donors (Lipinski definition) is 0. The molecule has 1 aromatic rings. The zero-order valence-corrected chi connectivity index (χ0v) is 12.7. The van der Waals surface area contributed by atoms with Crippen molar-refractivity contribution < 1.29 is 9.47 Å². The Morgan fingerprint density at radius 3 is 2.80 bits per heavy atom. The summed E-state index contributed by atoms with van der Waals surface area (Å²) >= 11 is 0. The predicted octanol–water partition coefficient (Wildman–Crippen LogP) is 4.53. The molecule has 1 fully saturated rings. The monoisotopic (exact) mass is 274 g/mol. The first kappa shape index (κ1) is 15.1. The van der Waals surface area contributed by atoms with E-state index in [0.29, 0.717) is 6.61 Å². The van der Waals surface area contributed by atoms with E-state index < -0.39 is 0 Å². The predicted molar refractivity (Wildman–Crippen MR) is 83.3 cm³/mol. The van der Waals surface area contributed by atoms with Crippen molar-refractivity contribution in [3.8, 4) is 5.75 Å². The van der Waals surface area contributed by atoms with Crippen molar-refractivity contribution in [2.75, 3.05) is 13.2 Å². The summed E-state index contributed by atoms with van der Waals surface area (Å²) in [6.45, 7) is 5.74. The minimum atomic E-state index is -0.0436. The molecule has 1 unspecified atom stereocenters. The van der Waals surface area contributed by atoms with Gasteiger partial charge < -0.3 is 9.47 Å². The summed E-state index contributed by atoms with van der Waals surface area (Å²) < 4.78 is 11.3. The maximum Gasteiger partial charge on any atom is 0.123 e. The van der Waals surface area contributed by atoms with Gasteiger partial charge in [-0.05, 0) is 50.7 Å². The molecule has 0 spiro atoms. The van der Waals surface area contributed by atoms with Crippen molar-refractivity contribution in [2.24, 2.45) is 0 Å². The molecule has 0 saturated carbocycles. The summed E-state index contributed by atoms with van der Waals surface area (Å²) in [5, 5.41) is 0. The van der Waals surface area contributed by atoms with Crippen molar-refractivity contribution in [3.63, 3.8) is 0 Å². The van der Waals surface area contributed by atoms with E-state index in [-0.39, 0.29) is 5.60 Å². The normalized spacial score (nSPS) is 21.3. The highest BCUT2D eigenvalue weighted by Crippen LogP contribution is 2.28. The van der Waals surface area contributed by atoms with Crippen molar-refractivity contribution in [2.45, 2.75) is 51.6 Å². The standard InChI is InChI=1S/C18H26O2/c1-3-4-5-6-7-8-11-16-12-9-10-13-17(16)19-14-18(2)15-20-18/h4-5,9-10,12-13H,3,6-8,11,14-15H2,1-2H3/b5-4+. The Morgan fingerprint density at radius 2 is 2.05 bits per heavy atom. The molecule has 1 aliphatic rings. The van der Waals surface area contributed by atoms with Gasteiger partial charge in [0.1, 0.15) is 18.0 Å². The number of ether oxygens (including phenoxy) is 2. The highest BCUT2D eigenvalue weighted by Gasteiger charge is 2.40. The van der Waals surface area contributed by atoms with E-state index in [1.54, 1.807) is 0 Å². The molecule has 2 nitrogen and oxygen atoms in total. The van der Waals surface area contributed by atoms with Crippen LogP contribution in [0.4, 0.5) is 0 Å². The molecular formula is C18H26O2. The van der Waals surface area contributed by atoms with Crippen molar-refractivity contribution >= 4 is 0 Å². The number of unbranched alkanes of at least 4 members (excludes halogenated alkanes) is 2. The molecule has 2 rings (SSSR count). The third-order valence-electron chi connectivity index (χ3n) is 3.61. The summed E-state index contributed by atoms with van der Waals surface area (Å²) in [6, 6.07) is 8.37. The zero-order chi connectivity index (χ0) is 14.3. The summed E-state index contributed by atoms with van der Waals surface area (Å²) in [4.78, 5) is 0. The molecule has 1 aliphatic heterocycles. The largest absolute Gasteiger partial charge is 0.490 e. The Labute approximate surface area is 122 Å². The van der Waals surface area contributed by atoms with Crippen molar-refractivity contribution in [3.05, 3.63) is 42.0 Å². The second-order valence-electron chi connectivity index (χ2n) is 5.76. The average molecular weight is 274 g/mol. The van der Waals surface area contributed by atoms with E-state index in [1.165, 1.54) is 24.8 Å². The molecule has 20 heavy (non-hydrogen) atoms. The summed E-state index contributed by atoms with van der Waals surface area (Å²) in [7, 11) is 0. The van der Waals surface area contributed by atoms with Crippen molar-refractivity contribution in [1.82, 2.24) is 0 Å². The first-order chi connectivity index (χ1) is 9.73. The first-order valence-corrected chi connectivity index (χ1v) is 7.73. The highest BCUT2D eigenvalue weighted by molar-refractivity contribution is 5.33. The van der Waals surface area contributed by atoms with Gasteiger partial charge >= 0.3 is 0 Å². The van der Waals surface area contributed by atoms with Crippen LogP contribution in [0.1, 0.15) is 45.1 Å². The van der Waals surface area contributed by atoms with Crippen LogP contribution in [0.3, 0.4) is 0 Å². The fourth-order valence-corrected chi connectivity index (χ4v) is 2.15. The van der Waals surface area contributed by atoms with Gasteiger partial charge in [0.2, 0.25) is 0 Å². The molecular weight excluding hydrogens is 248 g/mol. The maximum atomic E-state index is 5.92. The van der Waals surface area contributed by atoms with E-state index in [2.05, 4.69) is 44.2 Å². The highest BCUT2D eigenvalue weighted by atomic mass is 16.6. The Balaban J connectivity index is 1.76. The minimum absolute atomic E-state index is 0.0436. The number of allylic oxidation sites excluding steroid dienone is 2. The number of benzene rings is 1. The van der Waals surface area contributed by atoms with Crippen LogP contribution in [-0.2, 0) is 11.2 Å². The lowest BCUT2D eigenvalue weighted by atomic mass is 10.1. The first-order valence-electron chi connectivity index (χ1n) is 7.73. The molecule has 0 aromatic heterocycles. The van der Waals surface area contributed by atoms with Gasteiger partial charge in [0, 0.05) is 0 Å². The second kappa shape index (κ2) is 7.49. The average Bonchev–Trinajstić information content (AvgIpc) is 3.20. The SMILES string of the molecule is CC/C=C/CCCCc1ccccc1OCC1(C)CO1. The van der Waals surface area contributed by atoms with Crippen LogP contribution in [0.25, 0.3) is 0 Å². The molecule has 110 valence electrons. The van der Waals surface area contributed by atoms with Crippen LogP contribution in [0.2, 0.25) is 0 Å². The third kappa shape index (κ3) is 5.01. The molecule has 2 heteroatoms. The van der Waals surface area contributed by atoms with Crippen LogP contribution in [-0.4, -0.2) is 18.8 Å². The molecule has 1 atom stereocenters. The zero-order valence-electron chi connectivity index (χ0n) is 12.7. The summed E-state index contributed by atoms with van der Waals surface area (Å²) in [5.41, 5.74) is 1.27. The summed E-state index contributed by atoms with van der Waals surface area (Å²) in [5.74, 6) is 1.02. The van der Waals surface area contributed by atoms with E-state index in [4.69, 9.17) is 9.47 Å². The van der Waals surface area contributed by atoms with Crippen LogP contribution in [0.15, 0.2) is 36.4 Å². The quantitative estimate of drug-likeness (QED) is 0.375. The number of para-hydroxylation sites is 1. The lowest BCUT2D eigenvalue weighted by Gasteiger charge is -2.13. The molecule has 0 N–H and O–H groups in total. The molecule has 0 aliphatic carbocycles.